The van der Waals surface area contributed by atoms with Crippen molar-refractivity contribution in [1.29, 1.82) is 0 Å². The van der Waals surface area contributed by atoms with Gasteiger partial charge in [-0.1, -0.05) is 6.07 Å². The molecule has 8 heteroatoms. The molecule has 0 radical (unpaired) electrons. The monoisotopic (exact) mass is 380 g/mol. The second-order valence-electron chi connectivity index (χ2n) is 4.40. The number of carbonyl (C=O) groups excluding carboxylic acids is 3. The fourth-order valence-corrected chi connectivity index (χ4v) is 2.00. The zero-order valence-electron chi connectivity index (χ0n) is 12.1. The highest BCUT2D eigenvalue weighted by Gasteiger charge is 2.12. The van der Waals surface area contributed by atoms with E-state index in [0.29, 0.717) is 15.9 Å². The van der Waals surface area contributed by atoms with Gasteiger partial charge in [-0.05, 0) is 46.3 Å². The molecule has 1 aromatic heterocycles. The summed E-state index contributed by atoms with van der Waals surface area (Å²) >= 11 is 3.11. The minimum absolute atomic E-state index is 0.137. The third kappa shape index (κ3) is 4.68. The number of methoxy groups -OCH3 is 1. The van der Waals surface area contributed by atoms with Crippen LogP contribution < -0.4 is 10.6 Å². The number of benzene rings is 1. The second-order valence-corrected chi connectivity index (χ2v) is 5.18. The number of hydrogen-bond donors (Lipinski definition) is 2. The van der Waals surface area contributed by atoms with Crippen LogP contribution in [0.15, 0.2) is 45.5 Å². The summed E-state index contributed by atoms with van der Waals surface area (Å²) in [4.78, 5) is 34.9. The van der Waals surface area contributed by atoms with E-state index in [2.05, 4.69) is 31.3 Å². The van der Waals surface area contributed by atoms with Gasteiger partial charge in [0.1, 0.15) is 6.54 Å². The van der Waals surface area contributed by atoms with Crippen LogP contribution >= 0.6 is 15.9 Å². The molecule has 2 N–H and O–H groups in total. The summed E-state index contributed by atoms with van der Waals surface area (Å²) in [6.45, 7) is -0.230. The first-order valence-electron chi connectivity index (χ1n) is 6.51. The smallest absolute Gasteiger partial charge is 0.325 e. The van der Waals surface area contributed by atoms with E-state index in [1.807, 2.05) is 0 Å². The molecule has 2 aromatic rings. The lowest BCUT2D eigenvalue weighted by Gasteiger charge is -2.07. The Hall–Kier alpha value is -2.61. The normalized spacial score (nSPS) is 10.0. The molecule has 2 amide bonds. The molecule has 1 heterocycles. The average Bonchev–Trinajstić information content (AvgIpc) is 2.99. The predicted molar refractivity (Wildman–Crippen MR) is 85.2 cm³/mol. The quantitative estimate of drug-likeness (QED) is 0.774. The molecule has 1 aromatic carbocycles. The van der Waals surface area contributed by atoms with E-state index in [9.17, 15) is 14.4 Å². The Kier molecular flexibility index (Phi) is 5.53. The van der Waals surface area contributed by atoms with Gasteiger partial charge in [0, 0.05) is 11.3 Å². The number of amides is 2. The summed E-state index contributed by atoms with van der Waals surface area (Å²) < 4.78 is 10.0. The molecular weight excluding hydrogens is 368 g/mol. The van der Waals surface area contributed by atoms with Crippen LogP contribution in [0.25, 0.3) is 0 Å². The first-order valence-corrected chi connectivity index (χ1v) is 7.30. The Bertz CT molecular complexity index is 741. The maximum Gasteiger partial charge on any atom is 0.325 e. The van der Waals surface area contributed by atoms with Crippen LogP contribution in [-0.4, -0.2) is 31.4 Å². The van der Waals surface area contributed by atoms with E-state index in [-0.39, 0.29) is 12.3 Å². The predicted octanol–water partition coefficient (Wildman–Crippen LogP) is 2.20. The fraction of sp³-hybridized carbons (Fsp3) is 0.133. The van der Waals surface area contributed by atoms with Gasteiger partial charge in [0.05, 0.1) is 7.11 Å². The minimum Gasteiger partial charge on any atom is -0.468 e. The van der Waals surface area contributed by atoms with Crippen molar-refractivity contribution in [2.75, 3.05) is 19.0 Å². The molecule has 120 valence electrons. The van der Waals surface area contributed by atoms with Crippen molar-refractivity contribution in [1.82, 2.24) is 5.32 Å². The van der Waals surface area contributed by atoms with Crippen LogP contribution in [0.3, 0.4) is 0 Å². The van der Waals surface area contributed by atoms with Crippen molar-refractivity contribution in [2.45, 2.75) is 0 Å². The number of halogens is 1. The average molecular weight is 381 g/mol. The van der Waals surface area contributed by atoms with Gasteiger partial charge < -0.3 is 19.8 Å². The zero-order chi connectivity index (χ0) is 16.8. The minimum atomic E-state index is -0.550. The Balaban J connectivity index is 2.03. The number of rotatable bonds is 5. The van der Waals surface area contributed by atoms with E-state index < -0.39 is 17.8 Å². The highest BCUT2D eigenvalue weighted by molar-refractivity contribution is 9.10. The molecule has 0 atom stereocenters. The number of hydrogen-bond acceptors (Lipinski definition) is 5. The molecule has 23 heavy (non-hydrogen) atoms. The van der Waals surface area contributed by atoms with E-state index in [0.717, 1.165) is 0 Å². The molecular formula is C15H13BrN2O5. The lowest BCUT2D eigenvalue weighted by molar-refractivity contribution is -0.139. The molecule has 0 unspecified atom stereocenters. The van der Waals surface area contributed by atoms with Gasteiger partial charge in [-0.3, -0.25) is 14.4 Å². The van der Waals surface area contributed by atoms with E-state index >= 15 is 0 Å². The van der Waals surface area contributed by atoms with Crippen molar-refractivity contribution in [2.24, 2.45) is 0 Å². The van der Waals surface area contributed by atoms with Crippen LogP contribution in [0.4, 0.5) is 5.69 Å². The Morgan fingerprint density at radius 2 is 1.96 bits per heavy atom. The largest absolute Gasteiger partial charge is 0.468 e. The molecule has 0 fully saturated rings. The lowest BCUT2D eigenvalue weighted by atomic mass is 10.2. The fourth-order valence-electron chi connectivity index (χ4n) is 1.69. The first kappa shape index (κ1) is 16.8. The van der Waals surface area contributed by atoms with Crippen molar-refractivity contribution >= 4 is 39.4 Å². The summed E-state index contributed by atoms with van der Waals surface area (Å²) in [5.74, 6) is -1.31. The summed E-state index contributed by atoms with van der Waals surface area (Å²) in [7, 11) is 1.23. The first-order chi connectivity index (χ1) is 11.0. The summed E-state index contributed by atoms with van der Waals surface area (Å²) in [6.07, 6.45) is 0. The number of esters is 1. The number of carbonyl (C=O) groups is 3. The molecule has 0 aliphatic carbocycles. The van der Waals surface area contributed by atoms with Gasteiger partial charge in [-0.25, -0.2) is 0 Å². The third-order valence-corrected chi connectivity index (χ3v) is 3.23. The highest BCUT2D eigenvalue weighted by Crippen LogP contribution is 2.16. The molecule has 0 bridgehead atoms. The maximum absolute atomic E-state index is 12.0. The Morgan fingerprint density at radius 1 is 1.17 bits per heavy atom. The molecule has 0 aliphatic rings. The lowest BCUT2D eigenvalue weighted by Crippen LogP contribution is -2.30. The van der Waals surface area contributed by atoms with Crippen molar-refractivity contribution in [3.63, 3.8) is 0 Å². The van der Waals surface area contributed by atoms with E-state index in [4.69, 9.17) is 4.42 Å². The molecule has 7 nitrogen and oxygen atoms in total. The number of ether oxygens (including phenoxy) is 1. The summed E-state index contributed by atoms with van der Waals surface area (Å²) in [6, 6.07) is 9.42. The summed E-state index contributed by atoms with van der Waals surface area (Å²) in [5.41, 5.74) is 0.723. The van der Waals surface area contributed by atoms with Gasteiger partial charge in [-0.15, -0.1) is 0 Å². The molecule has 0 saturated carbocycles. The topological polar surface area (TPSA) is 97.6 Å². The van der Waals surface area contributed by atoms with Crippen LogP contribution in [0.1, 0.15) is 20.9 Å². The molecule has 0 saturated heterocycles. The molecule has 2 rings (SSSR count). The number of furan rings is 1. The van der Waals surface area contributed by atoms with Gasteiger partial charge >= 0.3 is 5.97 Å². The van der Waals surface area contributed by atoms with Gasteiger partial charge in [0.15, 0.2) is 10.4 Å². The number of nitrogens with one attached hydrogen (secondary N) is 2. The Labute approximate surface area is 140 Å². The number of anilines is 1. The van der Waals surface area contributed by atoms with Crippen LogP contribution in [-0.2, 0) is 9.53 Å². The van der Waals surface area contributed by atoms with Crippen molar-refractivity contribution in [3.8, 4) is 0 Å². The van der Waals surface area contributed by atoms with Gasteiger partial charge in [-0.2, -0.15) is 0 Å². The van der Waals surface area contributed by atoms with Crippen LogP contribution in [0, 0.1) is 0 Å². The maximum atomic E-state index is 12.0. The van der Waals surface area contributed by atoms with Crippen molar-refractivity contribution < 1.29 is 23.5 Å². The van der Waals surface area contributed by atoms with Crippen LogP contribution in [0.5, 0.6) is 0 Å². The third-order valence-electron chi connectivity index (χ3n) is 2.80. The van der Waals surface area contributed by atoms with Crippen molar-refractivity contribution in [3.05, 3.63) is 52.4 Å². The standard InChI is InChI=1S/C15H13BrN2O5/c1-22-13(19)8-17-14(20)9-3-2-4-10(7-9)18-15(21)11-5-6-12(16)23-11/h2-7H,8H2,1H3,(H,17,20)(H,18,21). The van der Waals surface area contributed by atoms with E-state index in [1.54, 1.807) is 24.3 Å². The SMILES string of the molecule is COC(=O)CNC(=O)c1cccc(NC(=O)c2ccc(Br)o2)c1. The van der Waals surface area contributed by atoms with Gasteiger partial charge in [0.2, 0.25) is 0 Å². The Morgan fingerprint density at radius 3 is 2.61 bits per heavy atom. The highest BCUT2D eigenvalue weighted by atomic mass is 79.9. The summed E-state index contributed by atoms with van der Waals surface area (Å²) in [5, 5.41) is 5.03. The van der Waals surface area contributed by atoms with Crippen LogP contribution in [0.2, 0.25) is 0 Å². The molecule has 0 spiro atoms. The van der Waals surface area contributed by atoms with E-state index in [1.165, 1.54) is 19.2 Å². The second kappa shape index (κ2) is 7.59. The zero-order valence-corrected chi connectivity index (χ0v) is 13.7. The molecule has 0 aliphatic heterocycles. The van der Waals surface area contributed by atoms with Gasteiger partial charge in [0.25, 0.3) is 11.8 Å².